The van der Waals surface area contributed by atoms with Gasteiger partial charge in [0.2, 0.25) is 10.1 Å². The Bertz CT molecular complexity index is 869. The van der Waals surface area contributed by atoms with E-state index in [4.69, 9.17) is 0 Å². The van der Waals surface area contributed by atoms with E-state index in [-0.39, 0.29) is 9.79 Å². The standard InChI is InChI=1S/C13H11BrFNO3S2/c1-10-2-6-13(7-3-10)21(18,19)16-20(15,17)12-8-4-11(14)5-9-12/h2-9H,1H3. The maximum Gasteiger partial charge on any atom is 0.292 e. The van der Waals surface area contributed by atoms with Crippen LogP contribution in [-0.2, 0) is 20.1 Å². The van der Waals surface area contributed by atoms with E-state index in [2.05, 4.69) is 19.7 Å². The molecule has 4 nitrogen and oxygen atoms in total. The molecule has 0 aliphatic heterocycles. The van der Waals surface area contributed by atoms with Crippen molar-refractivity contribution in [2.45, 2.75) is 16.7 Å². The number of hydrogen-bond acceptors (Lipinski definition) is 3. The van der Waals surface area contributed by atoms with Crippen molar-refractivity contribution >= 4 is 36.1 Å². The smallest absolute Gasteiger partial charge is 0.210 e. The van der Waals surface area contributed by atoms with Gasteiger partial charge in [-0.15, -0.1) is 3.89 Å². The summed E-state index contributed by atoms with van der Waals surface area (Å²) >= 11 is 3.15. The van der Waals surface area contributed by atoms with Crippen LogP contribution in [0.3, 0.4) is 0 Å². The van der Waals surface area contributed by atoms with Gasteiger partial charge >= 0.3 is 0 Å². The molecule has 1 unspecified atom stereocenters. The van der Waals surface area contributed by atoms with Crippen LogP contribution in [0.4, 0.5) is 3.89 Å². The highest BCUT2D eigenvalue weighted by atomic mass is 79.9. The van der Waals surface area contributed by atoms with Gasteiger partial charge in [0, 0.05) is 4.47 Å². The third-order valence-corrected chi connectivity index (χ3v) is 6.42. The minimum atomic E-state index is -4.53. The predicted octanol–water partition coefficient (Wildman–Crippen LogP) is 3.86. The van der Waals surface area contributed by atoms with Crippen LogP contribution >= 0.6 is 15.9 Å². The van der Waals surface area contributed by atoms with Crippen molar-refractivity contribution in [1.29, 1.82) is 0 Å². The molecule has 0 aromatic heterocycles. The van der Waals surface area contributed by atoms with E-state index in [0.29, 0.717) is 4.47 Å². The van der Waals surface area contributed by atoms with Crippen molar-refractivity contribution in [1.82, 2.24) is 0 Å². The van der Waals surface area contributed by atoms with Crippen LogP contribution in [-0.4, -0.2) is 12.6 Å². The van der Waals surface area contributed by atoms with Crippen molar-refractivity contribution in [3.05, 3.63) is 58.6 Å². The molecule has 112 valence electrons. The van der Waals surface area contributed by atoms with E-state index in [1.54, 1.807) is 19.1 Å². The summed E-state index contributed by atoms with van der Waals surface area (Å²) in [5.41, 5.74) is 0.850. The van der Waals surface area contributed by atoms with Gasteiger partial charge in [0.1, 0.15) is 0 Å². The second-order valence-corrected chi connectivity index (χ2v) is 8.60. The first kappa shape index (κ1) is 16.1. The Labute approximate surface area is 131 Å². The molecule has 2 aromatic carbocycles. The SMILES string of the molecule is Cc1ccc(S(=O)(=O)N=S(=O)(F)c2ccc(Br)cc2)cc1. The minimum absolute atomic E-state index is 0.199. The normalized spacial score (nSPS) is 14.4. The van der Waals surface area contributed by atoms with Crippen LogP contribution in [0.15, 0.2) is 66.6 Å². The zero-order valence-corrected chi connectivity index (χ0v) is 14.1. The topological polar surface area (TPSA) is 63.6 Å². The third kappa shape index (κ3) is 3.90. The highest BCUT2D eigenvalue weighted by Gasteiger charge is 2.20. The molecular weight excluding hydrogens is 381 g/mol. The van der Waals surface area contributed by atoms with E-state index in [0.717, 1.165) is 5.56 Å². The van der Waals surface area contributed by atoms with Gasteiger partial charge in [0.15, 0.2) is 0 Å². The highest BCUT2D eigenvalue weighted by molar-refractivity contribution is 9.10. The van der Waals surface area contributed by atoms with E-state index < -0.39 is 20.1 Å². The Kier molecular flexibility index (Phi) is 4.50. The second-order valence-electron chi connectivity index (χ2n) is 4.27. The first-order valence-corrected chi connectivity index (χ1v) is 9.41. The summed E-state index contributed by atoms with van der Waals surface area (Å²) in [6.45, 7) is 1.79. The fourth-order valence-electron chi connectivity index (χ4n) is 1.52. The van der Waals surface area contributed by atoms with Crippen LogP contribution < -0.4 is 0 Å². The monoisotopic (exact) mass is 391 g/mol. The van der Waals surface area contributed by atoms with E-state index in [1.807, 2.05) is 0 Å². The molecule has 0 amide bonds. The van der Waals surface area contributed by atoms with Crippen molar-refractivity contribution in [2.24, 2.45) is 3.77 Å². The molecular formula is C13H11BrFNO3S2. The molecule has 1 atom stereocenters. The Morgan fingerprint density at radius 1 is 0.905 bits per heavy atom. The largest absolute Gasteiger partial charge is 0.292 e. The van der Waals surface area contributed by atoms with Gasteiger partial charge in [-0.3, -0.25) is 0 Å². The van der Waals surface area contributed by atoms with Gasteiger partial charge in [0.05, 0.1) is 9.79 Å². The van der Waals surface area contributed by atoms with Crippen LogP contribution in [0, 0.1) is 6.92 Å². The molecule has 0 heterocycles. The minimum Gasteiger partial charge on any atom is -0.210 e. The van der Waals surface area contributed by atoms with Gasteiger partial charge in [-0.1, -0.05) is 37.4 Å². The lowest BCUT2D eigenvalue weighted by Gasteiger charge is -2.03. The average Bonchev–Trinajstić information content (AvgIpc) is 2.38. The fourth-order valence-corrected chi connectivity index (χ4v) is 4.44. The van der Waals surface area contributed by atoms with Gasteiger partial charge < -0.3 is 0 Å². The van der Waals surface area contributed by atoms with Gasteiger partial charge in [-0.05, 0) is 43.3 Å². The summed E-state index contributed by atoms with van der Waals surface area (Å²) in [7, 11) is -8.86. The van der Waals surface area contributed by atoms with E-state index >= 15 is 0 Å². The maximum absolute atomic E-state index is 14.2. The molecule has 21 heavy (non-hydrogen) atoms. The van der Waals surface area contributed by atoms with Crippen LogP contribution in [0.25, 0.3) is 0 Å². The molecule has 0 radical (unpaired) electrons. The molecule has 0 fully saturated rings. The molecule has 0 N–H and O–H groups in total. The van der Waals surface area contributed by atoms with Crippen molar-refractivity contribution < 1.29 is 16.5 Å². The highest BCUT2D eigenvalue weighted by Crippen LogP contribution is 2.22. The number of aryl methyl sites for hydroxylation is 1. The molecule has 0 saturated carbocycles. The number of rotatable bonds is 3. The summed E-state index contributed by atoms with van der Waals surface area (Å²) < 4.78 is 53.7. The summed E-state index contributed by atoms with van der Waals surface area (Å²) in [5.74, 6) is 0. The quantitative estimate of drug-likeness (QED) is 0.746. The van der Waals surface area contributed by atoms with Crippen molar-refractivity contribution in [3.8, 4) is 0 Å². The first-order chi connectivity index (χ1) is 9.71. The summed E-state index contributed by atoms with van der Waals surface area (Å²) in [6.07, 6.45) is 0. The molecule has 8 heteroatoms. The summed E-state index contributed by atoms with van der Waals surface area (Å²) in [5, 5.41) is 0. The number of nitrogens with zero attached hydrogens (tertiary/aromatic N) is 1. The average molecular weight is 392 g/mol. The molecule has 2 rings (SSSR count). The first-order valence-electron chi connectivity index (χ1n) is 5.76. The van der Waals surface area contributed by atoms with Crippen LogP contribution in [0.2, 0.25) is 0 Å². The molecule has 2 aromatic rings. The summed E-state index contributed by atoms with van der Waals surface area (Å²) in [6, 6.07) is 11.1. The van der Waals surface area contributed by atoms with Crippen molar-refractivity contribution in [3.63, 3.8) is 0 Å². The third-order valence-electron chi connectivity index (χ3n) is 2.62. The molecule has 0 aliphatic rings. The number of hydrogen-bond donors (Lipinski definition) is 0. The molecule has 0 spiro atoms. The van der Waals surface area contributed by atoms with Crippen LogP contribution in [0.1, 0.15) is 5.56 Å². The van der Waals surface area contributed by atoms with Gasteiger partial charge in [0.25, 0.3) is 10.0 Å². The predicted molar refractivity (Wildman–Crippen MR) is 82.5 cm³/mol. The Morgan fingerprint density at radius 2 is 1.38 bits per heavy atom. The lowest BCUT2D eigenvalue weighted by molar-refractivity contribution is 0.596. The van der Waals surface area contributed by atoms with Gasteiger partial charge in [-0.25, -0.2) is 4.21 Å². The lowest BCUT2D eigenvalue weighted by Crippen LogP contribution is -2.02. The summed E-state index contributed by atoms with van der Waals surface area (Å²) in [4.78, 5) is -0.489. The van der Waals surface area contributed by atoms with E-state index in [1.165, 1.54) is 36.4 Å². The molecule has 0 bridgehead atoms. The second kappa shape index (κ2) is 5.86. The fraction of sp³-hybridized carbons (Fsp3) is 0.0769. The number of halogens is 2. The Morgan fingerprint density at radius 3 is 1.90 bits per heavy atom. The van der Waals surface area contributed by atoms with Gasteiger partial charge in [-0.2, -0.15) is 8.42 Å². The lowest BCUT2D eigenvalue weighted by atomic mass is 10.2. The zero-order valence-electron chi connectivity index (χ0n) is 10.9. The molecule has 0 saturated heterocycles. The number of sulfonamides is 1. The van der Waals surface area contributed by atoms with E-state index in [9.17, 15) is 16.5 Å². The Balaban J connectivity index is 2.52. The maximum atomic E-state index is 14.2. The number of benzene rings is 2. The van der Waals surface area contributed by atoms with Crippen LogP contribution in [0.5, 0.6) is 0 Å². The Hall–Kier alpha value is -1.25. The molecule has 0 aliphatic carbocycles. The van der Waals surface area contributed by atoms with Crippen molar-refractivity contribution in [2.75, 3.05) is 0 Å². The zero-order chi connectivity index (χ0) is 15.7.